The molecule has 9 heteroatoms. The summed E-state index contributed by atoms with van der Waals surface area (Å²) in [5, 5.41) is 8.75. The number of carbonyl (C=O) groups is 1. The third-order valence-electron chi connectivity index (χ3n) is 5.41. The lowest BCUT2D eigenvalue weighted by molar-refractivity contribution is -0.120. The van der Waals surface area contributed by atoms with Gasteiger partial charge in [-0.25, -0.2) is 8.42 Å². The van der Waals surface area contributed by atoms with E-state index in [0.717, 1.165) is 10.4 Å². The zero-order valence-corrected chi connectivity index (χ0v) is 19.6. The average Bonchev–Trinajstić information content (AvgIpc) is 3.42. The van der Waals surface area contributed by atoms with Crippen molar-refractivity contribution in [2.45, 2.75) is 31.6 Å². The van der Waals surface area contributed by atoms with Crippen molar-refractivity contribution in [3.8, 4) is 0 Å². The second kappa shape index (κ2) is 9.40. The highest BCUT2D eigenvalue weighted by atomic mass is 32.2. The van der Waals surface area contributed by atoms with Gasteiger partial charge in [0.25, 0.3) is 0 Å². The molecule has 1 aliphatic heterocycles. The van der Waals surface area contributed by atoms with E-state index in [1.807, 2.05) is 48.7 Å². The van der Waals surface area contributed by atoms with E-state index in [1.165, 1.54) is 4.31 Å². The minimum Gasteiger partial charge on any atom is -0.355 e. The van der Waals surface area contributed by atoms with Crippen LogP contribution in [0.25, 0.3) is 12.2 Å². The number of sulfonamides is 1. The first-order chi connectivity index (χ1) is 15.3. The molecule has 1 fully saturated rings. The maximum atomic E-state index is 13.5. The Morgan fingerprint density at radius 1 is 1.25 bits per heavy atom. The van der Waals surface area contributed by atoms with Crippen molar-refractivity contribution in [1.29, 1.82) is 0 Å². The van der Waals surface area contributed by atoms with E-state index in [2.05, 4.69) is 10.5 Å². The molecule has 3 heterocycles. The fourth-order valence-corrected chi connectivity index (χ4v) is 6.21. The van der Waals surface area contributed by atoms with E-state index in [9.17, 15) is 13.2 Å². The zero-order valence-electron chi connectivity index (χ0n) is 17.9. The standard InChI is InChI=1S/C23H25N3O4S2/c1-16-6-3-8-19(14-16)24-23(27)18-7-4-12-26(15-18)32(28,29)22-17(2)25-30-21(22)11-10-20-9-5-13-31-20/h3,5-6,8-11,13-14,18H,4,7,12,15H2,1-2H3,(H,24,27)/b11-10+/t18-/m1/s1. The molecule has 1 saturated heterocycles. The zero-order chi connectivity index (χ0) is 22.7. The maximum absolute atomic E-state index is 13.5. The third-order valence-corrected chi connectivity index (χ3v) is 8.28. The Bertz CT molecular complexity index is 1230. The number of aromatic nitrogens is 1. The second-order valence-corrected chi connectivity index (χ2v) is 10.7. The molecular weight excluding hydrogens is 446 g/mol. The summed E-state index contributed by atoms with van der Waals surface area (Å²) in [7, 11) is -3.87. The van der Waals surface area contributed by atoms with Crippen LogP contribution in [0.2, 0.25) is 0 Å². The van der Waals surface area contributed by atoms with Gasteiger partial charge in [-0.05, 0) is 68.0 Å². The van der Waals surface area contributed by atoms with E-state index in [-0.39, 0.29) is 23.1 Å². The topological polar surface area (TPSA) is 92.5 Å². The molecule has 1 aliphatic rings. The number of piperidine rings is 1. The Balaban J connectivity index is 1.53. The Morgan fingerprint density at radius 2 is 2.09 bits per heavy atom. The van der Waals surface area contributed by atoms with Crippen molar-refractivity contribution in [2.24, 2.45) is 5.92 Å². The molecule has 0 unspecified atom stereocenters. The molecule has 168 valence electrons. The van der Waals surface area contributed by atoms with Gasteiger partial charge < -0.3 is 9.84 Å². The normalized spacial score (nSPS) is 17.6. The van der Waals surface area contributed by atoms with Gasteiger partial charge in [0.05, 0.1) is 5.92 Å². The fraction of sp³-hybridized carbons (Fsp3) is 0.304. The van der Waals surface area contributed by atoms with Crippen LogP contribution in [0, 0.1) is 19.8 Å². The number of anilines is 1. The van der Waals surface area contributed by atoms with Gasteiger partial charge in [0.2, 0.25) is 15.9 Å². The molecule has 0 aliphatic carbocycles. The summed E-state index contributed by atoms with van der Waals surface area (Å²) in [5.41, 5.74) is 2.06. The van der Waals surface area contributed by atoms with E-state index >= 15 is 0 Å². The summed E-state index contributed by atoms with van der Waals surface area (Å²) in [6.07, 6.45) is 4.68. The number of carbonyl (C=O) groups excluding carboxylic acids is 1. The van der Waals surface area contributed by atoms with Crippen LogP contribution in [0.5, 0.6) is 0 Å². The van der Waals surface area contributed by atoms with Crippen molar-refractivity contribution >= 4 is 45.1 Å². The van der Waals surface area contributed by atoms with Crippen molar-refractivity contribution in [2.75, 3.05) is 18.4 Å². The minimum absolute atomic E-state index is 0.0602. The maximum Gasteiger partial charge on any atom is 0.248 e. The first-order valence-corrected chi connectivity index (χ1v) is 12.7. The molecule has 0 spiro atoms. The lowest BCUT2D eigenvalue weighted by atomic mass is 9.98. The average molecular weight is 472 g/mol. The number of hydrogen-bond donors (Lipinski definition) is 1. The number of thiophene rings is 1. The van der Waals surface area contributed by atoms with E-state index in [1.54, 1.807) is 30.4 Å². The Labute approximate surface area is 191 Å². The van der Waals surface area contributed by atoms with Crippen LogP contribution >= 0.6 is 11.3 Å². The molecule has 0 bridgehead atoms. The number of nitrogens with zero attached hydrogens (tertiary/aromatic N) is 2. The molecule has 2 aromatic heterocycles. The first-order valence-electron chi connectivity index (χ1n) is 10.4. The highest BCUT2D eigenvalue weighted by molar-refractivity contribution is 7.89. The fourth-order valence-electron chi connectivity index (χ4n) is 3.81. The Hall–Kier alpha value is -2.75. The molecule has 0 radical (unpaired) electrons. The van der Waals surface area contributed by atoms with Crippen LogP contribution in [0.3, 0.4) is 0 Å². The van der Waals surface area contributed by atoms with Gasteiger partial charge in [0.1, 0.15) is 5.69 Å². The molecule has 32 heavy (non-hydrogen) atoms. The third kappa shape index (κ3) is 4.85. The molecule has 1 N–H and O–H groups in total. The minimum atomic E-state index is -3.87. The molecule has 7 nitrogen and oxygen atoms in total. The molecular formula is C23H25N3O4S2. The molecule has 1 atom stereocenters. The number of hydrogen-bond acceptors (Lipinski definition) is 6. The van der Waals surface area contributed by atoms with Gasteiger partial charge >= 0.3 is 0 Å². The molecule has 0 saturated carbocycles. The highest BCUT2D eigenvalue weighted by Gasteiger charge is 2.36. The largest absolute Gasteiger partial charge is 0.355 e. The number of benzene rings is 1. The first kappa shape index (κ1) is 22.4. The summed E-state index contributed by atoms with van der Waals surface area (Å²) in [5.74, 6) is -0.401. The van der Waals surface area contributed by atoms with E-state index in [0.29, 0.717) is 30.8 Å². The monoisotopic (exact) mass is 471 g/mol. The summed E-state index contributed by atoms with van der Waals surface area (Å²) in [6, 6.07) is 11.4. The molecule has 1 amide bonds. The Morgan fingerprint density at radius 3 is 2.84 bits per heavy atom. The Kier molecular flexibility index (Phi) is 6.59. The predicted octanol–water partition coefficient (Wildman–Crippen LogP) is 4.56. The van der Waals surface area contributed by atoms with Crippen molar-refractivity contribution in [1.82, 2.24) is 9.46 Å². The van der Waals surface area contributed by atoms with Gasteiger partial charge in [-0.3, -0.25) is 4.79 Å². The lowest BCUT2D eigenvalue weighted by Crippen LogP contribution is -2.43. The van der Waals surface area contributed by atoms with Crippen molar-refractivity contribution < 1.29 is 17.7 Å². The SMILES string of the molecule is Cc1cccc(NC(=O)[C@@H]2CCCN(S(=O)(=O)c3c(C)noc3/C=C/c3cccs3)C2)c1. The second-order valence-electron chi connectivity index (χ2n) is 7.87. The van der Waals surface area contributed by atoms with Crippen LogP contribution < -0.4 is 5.32 Å². The van der Waals surface area contributed by atoms with E-state index < -0.39 is 15.9 Å². The molecule has 3 aromatic rings. The summed E-state index contributed by atoms with van der Waals surface area (Å²) in [6.45, 7) is 4.05. The van der Waals surface area contributed by atoms with Crippen LogP contribution in [-0.2, 0) is 14.8 Å². The molecule has 4 rings (SSSR count). The smallest absolute Gasteiger partial charge is 0.248 e. The van der Waals surface area contributed by atoms with Crippen LogP contribution in [0.15, 0.2) is 51.2 Å². The van der Waals surface area contributed by atoms with Crippen LogP contribution in [0.4, 0.5) is 5.69 Å². The number of rotatable bonds is 6. The van der Waals surface area contributed by atoms with Gasteiger partial charge in [-0.2, -0.15) is 4.31 Å². The summed E-state index contributed by atoms with van der Waals surface area (Å²) < 4.78 is 33.7. The molecule has 1 aromatic carbocycles. The van der Waals surface area contributed by atoms with E-state index in [4.69, 9.17) is 4.52 Å². The van der Waals surface area contributed by atoms with Crippen LogP contribution in [0.1, 0.15) is 34.7 Å². The lowest BCUT2D eigenvalue weighted by Gasteiger charge is -2.31. The highest BCUT2D eigenvalue weighted by Crippen LogP contribution is 2.30. The number of aryl methyl sites for hydroxylation is 2. The predicted molar refractivity (Wildman–Crippen MR) is 126 cm³/mol. The van der Waals surface area contributed by atoms with Gasteiger partial charge in [0, 0.05) is 23.7 Å². The van der Waals surface area contributed by atoms with Crippen LogP contribution in [-0.4, -0.2) is 36.9 Å². The van der Waals surface area contributed by atoms with Crippen molar-refractivity contribution in [3.05, 3.63) is 63.7 Å². The number of nitrogens with one attached hydrogen (secondary N) is 1. The summed E-state index contributed by atoms with van der Waals surface area (Å²) in [4.78, 5) is 13.9. The number of amides is 1. The quantitative estimate of drug-likeness (QED) is 0.569. The van der Waals surface area contributed by atoms with Gasteiger partial charge in [0.15, 0.2) is 10.7 Å². The van der Waals surface area contributed by atoms with Crippen molar-refractivity contribution in [3.63, 3.8) is 0 Å². The van der Waals surface area contributed by atoms with Gasteiger partial charge in [-0.15, -0.1) is 11.3 Å². The summed E-state index contributed by atoms with van der Waals surface area (Å²) >= 11 is 1.54. The van der Waals surface area contributed by atoms with Gasteiger partial charge in [-0.1, -0.05) is 23.4 Å².